The van der Waals surface area contributed by atoms with Crippen LogP contribution in [0.15, 0.2) is 72.9 Å². The molecule has 1 amide bonds. The van der Waals surface area contributed by atoms with Gasteiger partial charge in [-0.3, -0.25) is 4.79 Å². The van der Waals surface area contributed by atoms with Gasteiger partial charge in [0, 0.05) is 36.0 Å². The SMILES string of the molecule is COc1ccc(CCNC(=O)C[C@@H](c2cccc(C(F)(F)F)c2)c2c[nH]c3ccccc23)cc1OC. The van der Waals surface area contributed by atoms with E-state index in [4.69, 9.17) is 9.47 Å². The Labute approximate surface area is 207 Å². The molecule has 0 fully saturated rings. The molecule has 0 radical (unpaired) electrons. The van der Waals surface area contributed by atoms with Crippen LogP contribution in [-0.4, -0.2) is 31.7 Å². The highest BCUT2D eigenvalue weighted by Crippen LogP contribution is 2.37. The number of H-pyrrole nitrogens is 1. The number of ether oxygens (including phenoxy) is 2. The molecule has 0 bridgehead atoms. The van der Waals surface area contributed by atoms with Crippen LogP contribution in [0.1, 0.15) is 34.6 Å². The summed E-state index contributed by atoms with van der Waals surface area (Å²) in [4.78, 5) is 16.1. The van der Waals surface area contributed by atoms with Crippen LogP contribution in [0.25, 0.3) is 10.9 Å². The third-order valence-electron chi connectivity index (χ3n) is 6.19. The van der Waals surface area contributed by atoms with E-state index in [9.17, 15) is 18.0 Å². The van der Waals surface area contributed by atoms with Crippen LogP contribution in [-0.2, 0) is 17.4 Å². The molecule has 0 aliphatic heterocycles. The van der Waals surface area contributed by atoms with Crippen molar-refractivity contribution in [1.29, 1.82) is 0 Å². The molecule has 4 rings (SSSR count). The highest BCUT2D eigenvalue weighted by atomic mass is 19.4. The van der Waals surface area contributed by atoms with E-state index in [-0.39, 0.29) is 12.3 Å². The molecule has 0 aliphatic rings. The van der Waals surface area contributed by atoms with Gasteiger partial charge in [0.2, 0.25) is 5.91 Å². The van der Waals surface area contributed by atoms with Gasteiger partial charge in [-0.1, -0.05) is 42.5 Å². The average Bonchev–Trinajstić information content (AvgIpc) is 3.30. The second kappa shape index (κ2) is 10.8. The fourth-order valence-electron chi connectivity index (χ4n) is 4.36. The summed E-state index contributed by atoms with van der Waals surface area (Å²) in [6.07, 6.45) is -2.13. The van der Waals surface area contributed by atoms with Crippen molar-refractivity contribution in [3.05, 3.63) is 95.2 Å². The topological polar surface area (TPSA) is 63.3 Å². The molecule has 1 atom stereocenters. The molecule has 0 unspecified atom stereocenters. The van der Waals surface area contributed by atoms with E-state index in [1.807, 2.05) is 36.4 Å². The van der Waals surface area contributed by atoms with E-state index in [1.54, 1.807) is 32.5 Å². The lowest BCUT2D eigenvalue weighted by Crippen LogP contribution is -2.27. The van der Waals surface area contributed by atoms with Crippen molar-refractivity contribution in [3.8, 4) is 11.5 Å². The minimum Gasteiger partial charge on any atom is -0.493 e. The first-order valence-corrected chi connectivity index (χ1v) is 11.5. The minimum atomic E-state index is -4.47. The van der Waals surface area contributed by atoms with E-state index < -0.39 is 17.7 Å². The number of halogens is 3. The van der Waals surface area contributed by atoms with Crippen LogP contribution in [0.2, 0.25) is 0 Å². The molecule has 1 heterocycles. The van der Waals surface area contributed by atoms with E-state index in [1.165, 1.54) is 6.07 Å². The Morgan fingerprint density at radius 3 is 2.50 bits per heavy atom. The second-order valence-electron chi connectivity index (χ2n) is 8.46. The number of carbonyl (C=O) groups excluding carboxylic acids is 1. The third-order valence-corrected chi connectivity index (χ3v) is 6.19. The standard InChI is InChI=1S/C28H27F3N2O3/c1-35-25-11-10-18(14-26(25)36-2)12-13-32-27(34)16-22(19-6-5-7-20(15-19)28(29,30)31)23-17-33-24-9-4-3-8-21(23)24/h3-11,14-15,17,22,33H,12-13,16H2,1-2H3,(H,32,34)/t22-/m0/s1. The Balaban J connectivity index is 1.53. The number of benzene rings is 3. The number of hydrogen-bond acceptors (Lipinski definition) is 3. The minimum absolute atomic E-state index is 0.00902. The van der Waals surface area contributed by atoms with Gasteiger partial charge in [-0.15, -0.1) is 0 Å². The van der Waals surface area contributed by atoms with Crippen LogP contribution in [0.3, 0.4) is 0 Å². The molecular formula is C28H27F3N2O3. The molecule has 0 aliphatic carbocycles. The van der Waals surface area contributed by atoms with Gasteiger partial charge < -0.3 is 19.8 Å². The summed E-state index contributed by atoms with van der Waals surface area (Å²) in [5, 5.41) is 3.78. The maximum Gasteiger partial charge on any atom is 0.416 e. The molecule has 3 aromatic carbocycles. The van der Waals surface area contributed by atoms with E-state index >= 15 is 0 Å². The molecule has 36 heavy (non-hydrogen) atoms. The lowest BCUT2D eigenvalue weighted by molar-refractivity contribution is -0.137. The molecule has 0 saturated heterocycles. The Bertz CT molecular complexity index is 1350. The first kappa shape index (κ1) is 25.2. The zero-order valence-electron chi connectivity index (χ0n) is 20.0. The fourth-order valence-corrected chi connectivity index (χ4v) is 4.36. The van der Waals surface area contributed by atoms with Crippen LogP contribution in [0.4, 0.5) is 13.2 Å². The number of carbonyl (C=O) groups is 1. The normalized spacial score (nSPS) is 12.4. The van der Waals surface area contributed by atoms with E-state index in [2.05, 4.69) is 10.3 Å². The lowest BCUT2D eigenvalue weighted by Gasteiger charge is -2.19. The number of aromatic amines is 1. The molecule has 2 N–H and O–H groups in total. The summed E-state index contributed by atoms with van der Waals surface area (Å²) in [5.41, 5.74) is 2.29. The average molecular weight is 497 g/mol. The van der Waals surface area contributed by atoms with Crippen molar-refractivity contribution in [2.24, 2.45) is 0 Å². The Morgan fingerprint density at radius 2 is 1.75 bits per heavy atom. The van der Waals surface area contributed by atoms with Gasteiger partial charge in [-0.25, -0.2) is 0 Å². The number of aromatic nitrogens is 1. The van der Waals surface area contributed by atoms with Crippen molar-refractivity contribution >= 4 is 16.8 Å². The van der Waals surface area contributed by atoms with Crippen molar-refractivity contribution in [3.63, 3.8) is 0 Å². The second-order valence-corrected chi connectivity index (χ2v) is 8.46. The van der Waals surface area contributed by atoms with Crippen molar-refractivity contribution in [2.75, 3.05) is 20.8 Å². The lowest BCUT2D eigenvalue weighted by atomic mass is 9.87. The number of rotatable bonds is 9. The van der Waals surface area contributed by atoms with Gasteiger partial charge in [0.15, 0.2) is 11.5 Å². The molecule has 0 spiro atoms. The molecule has 5 nitrogen and oxygen atoms in total. The van der Waals surface area contributed by atoms with E-state index in [0.29, 0.717) is 30.0 Å². The molecule has 8 heteroatoms. The number of fused-ring (bicyclic) bond motifs is 1. The van der Waals surface area contributed by atoms with Gasteiger partial charge in [-0.05, 0) is 47.4 Å². The summed E-state index contributed by atoms with van der Waals surface area (Å²) in [6, 6.07) is 18.3. The zero-order valence-corrected chi connectivity index (χ0v) is 20.0. The maximum atomic E-state index is 13.4. The Morgan fingerprint density at radius 1 is 0.972 bits per heavy atom. The molecule has 0 saturated carbocycles. The van der Waals surface area contributed by atoms with Crippen LogP contribution in [0, 0.1) is 0 Å². The number of para-hydroxylation sites is 1. The predicted molar refractivity (Wildman–Crippen MR) is 132 cm³/mol. The summed E-state index contributed by atoms with van der Waals surface area (Å²) >= 11 is 0. The Hall–Kier alpha value is -3.94. The van der Waals surface area contributed by atoms with Crippen LogP contribution >= 0.6 is 0 Å². The first-order chi connectivity index (χ1) is 17.3. The number of methoxy groups -OCH3 is 2. The van der Waals surface area contributed by atoms with Crippen LogP contribution in [0.5, 0.6) is 11.5 Å². The molecule has 188 valence electrons. The van der Waals surface area contributed by atoms with E-state index in [0.717, 1.165) is 34.2 Å². The summed E-state index contributed by atoms with van der Waals surface area (Å²) in [5.74, 6) is 0.422. The highest BCUT2D eigenvalue weighted by Gasteiger charge is 2.31. The summed E-state index contributed by atoms with van der Waals surface area (Å²) in [6.45, 7) is 0.373. The van der Waals surface area contributed by atoms with Crippen molar-refractivity contribution in [1.82, 2.24) is 10.3 Å². The zero-order chi connectivity index (χ0) is 25.7. The third kappa shape index (κ3) is 5.64. The van der Waals surface area contributed by atoms with Crippen LogP contribution < -0.4 is 14.8 Å². The van der Waals surface area contributed by atoms with Gasteiger partial charge in [-0.2, -0.15) is 13.2 Å². The quantitative estimate of drug-likeness (QED) is 0.295. The van der Waals surface area contributed by atoms with Gasteiger partial charge in [0.1, 0.15) is 0 Å². The Kier molecular flexibility index (Phi) is 7.52. The smallest absolute Gasteiger partial charge is 0.416 e. The fraction of sp³-hybridized carbons (Fsp3) is 0.250. The maximum absolute atomic E-state index is 13.4. The van der Waals surface area contributed by atoms with Gasteiger partial charge in [0.25, 0.3) is 0 Å². The summed E-state index contributed by atoms with van der Waals surface area (Å²) < 4.78 is 50.8. The first-order valence-electron chi connectivity index (χ1n) is 11.5. The number of hydrogen-bond donors (Lipinski definition) is 2. The van der Waals surface area contributed by atoms with Gasteiger partial charge >= 0.3 is 6.18 Å². The molecule has 1 aromatic heterocycles. The molecule has 4 aromatic rings. The predicted octanol–water partition coefficient (Wildman–Crippen LogP) is 6.08. The number of alkyl halides is 3. The molecular weight excluding hydrogens is 469 g/mol. The van der Waals surface area contributed by atoms with Crippen molar-refractivity contribution in [2.45, 2.75) is 24.9 Å². The monoisotopic (exact) mass is 496 g/mol. The largest absolute Gasteiger partial charge is 0.493 e. The number of amides is 1. The van der Waals surface area contributed by atoms with Crippen molar-refractivity contribution < 1.29 is 27.4 Å². The summed E-state index contributed by atoms with van der Waals surface area (Å²) in [7, 11) is 3.12. The van der Waals surface area contributed by atoms with Gasteiger partial charge in [0.05, 0.1) is 19.8 Å². The number of nitrogens with one attached hydrogen (secondary N) is 2. The highest BCUT2D eigenvalue weighted by molar-refractivity contribution is 5.86.